The maximum Gasteiger partial charge on any atom is 0.251 e. The molecule has 0 spiro atoms. The Labute approximate surface area is 230 Å². The lowest BCUT2D eigenvalue weighted by molar-refractivity contribution is -0.115. The number of pyridine rings is 1. The third kappa shape index (κ3) is 5.63. The van der Waals surface area contributed by atoms with Gasteiger partial charge in [-0.1, -0.05) is 12.1 Å². The molecule has 0 radical (unpaired) electrons. The first kappa shape index (κ1) is 26.7. The number of fused-ring (bicyclic) bond motifs is 1. The molecule has 0 bridgehead atoms. The van der Waals surface area contributed by atoms with Crippen LogP contribution in [0.5, 0.6) is 0 Å². The molecule has 1 fully saturated rings. The molecule has 3 N–H and O–H groups in total. The van der Waals surface area contributed by atoms with E-state index in [0.717, 1.165) is 24.5 Å². The van der Waals surface area contributed by atoms with Crippen LogP contribution in [0.4, 0.5) is 10.9 Å². The maximum atomic E-state index is 12.7. The number of hydrogen-bond donors (Lipinski definition) is 3. The summed E-state index contributed by atoms with van der Waals surface area (Å²) in [4.78, 5) is 36.7. The molecule has 3 aromatic rings. The summed E-state index contributed by atoms with van der Waals surface area (Å²) in [5.41, 5.74) is 2.33. The van der Waals surface area contributed by atoms with E-state index in [4.69, 9.17) is 9.72 Å². The van der Waals surface area contributed by atoms with E-state index in [9.17, 15) is 20.0 Å². The number of carbonyl (C=O) groups is 2. The quantitative estimate of drug-likeness (QED) is 0.411. The number of rotatable bonds is 7. The first-order chi connectivity index (χ1) is 18.8. The van der Waals surface area contributed by atoms with Crippen molar-refractivity contribution in [2.75, 3.05) is 36.5 Å². The van der Waals surface area contributed by atoms with Crippen LogP contribution in [0.3, 0.4) is 0 Å². The topological polar surface area (TPSA) is 140 Å². The van der Waals surface area contributed by atoms with Crippen LogP contribution in [0, 0.1) is 11.3 Å². The Kier molecular flexibility index (Phi) is 7.61. The largest absolute Gasteiger partial charge is 0.394 e. The van der Waals surface area contributed by atoms with E-state index < -0.39 is 17.2 Å². The molecular formula is C28H30N6O4S. The number of carbonyl (C=O) groups excluding carboxylic acids is 2. The van der Waals surface area contributed by atoms with Crippen molar-refractivity contribution in [2.45, 2.75) is 44.3 Å². The molecule has 3 atom stereocenters. The van der Waals surface area contributed by atoms with Gasteiger partial charge in [0.05, 0.1) is 37.1 Å². The Morgan fingerprint density at radius 2 is 2.00 bits per heavy atom. The molecule has 3 heterocycles. The van der Waals surface area contributed by atoms with Crippen LogP contribution in [0.2, 0.25) is 0 Å². The number of ether oxygens (including phenoxy) is 1. The van der Waals surface area contributed by atoms with Crippen molar-refractivity contribution in [3.63, 3.8) is 0 Å². The lowest BCUT2D eigenvalue weighted by Gasteiger charge is -2.36. The fourth-order valence-corrected chi connectivity index (χ4v) is 5.88. The van der Waals surface area contributed by atoms with E-state index in [1.54, 1.807) is 18.2 Å². The van der Waals surface area contributed by atoms with Gasteiger partial charge in [0.15, 0.2) is 5.13 Å². The summed E-state index contributed by atoms with van der Waals surface area (Å²) in [6.45, 7) is 5.08. The van der Waals surface area contributed by atoms with Gasteiger partial charge >= 0.3 is 0 Å². The van der Waals surface area contributed by atoms with Gasteiger partial charge in [-0.05, 0) is 62.1 Å². The molecule has 2 aliphatic rings. The second kappa shape index (κ2) is 11.1. The Morgan fingerprint density at radius 1 is 1.21 bits per heavy atom. The van der Waals surface area contributed by atoms with Crippen molar-refractivity contribution in [3.05, 3.63) is 58.5 Å². The van der Waals surface area contributed by atoms with Gasteiger partial charge in [-0.3, -0.25) is 9.59 Å². The van der Waals surface area contributed by atoms with Gasteiger partial charge in [-0.25, -0.2) is 9.97 Å². The first-order valence-corrected chi connectivity index (χ1v) is 13.7. The lowest BCUT2D eigenvalue weighted by Crippen LogP contribution is -2.45. The van der Waals surface area contributed by atoms with Gasteiger partial charge < -0.3 is 25.4 Å². The molecule has 0 unspecified atom stereocenters. The van der Waals surface area contributed by atoms with Gasteiger partial charge in [0.1, 0.15) is 16.9 Å². The number of thiazole rings is 1. The summed E-state index contributed by atoms with van der Waals surface area (Å²) >= 11 is 1.28. The second-order valence-electron chi connectivity index (χ2n) is 10.0. The number of amides is 2. The predicted molar refractivity (Wildman–Crippen MR) is 148 cm³/mol. The summed E-state index contributed by atoms with van der Waals surface area (Å²) < 4.78 is 5.82. The fourth-order valence-electron chi connectivity index (χ4n) is 5.16. The second-order valence-corrected chi connectivity index (χ2v) is 10.9. The molecule has 1 aliphatic carbocycles. The van der Waals surface area contributed by atoms with Crippen molar-refractivity contribution in [3.8, 4) is 17.5 Å². The minimum absolute atomic E-state index is 0.120. The summed E-state index contributed by atoms with van der Waals surface area (Å²) in [5.74, 6) is 0.00992. The highest BCUT2D eigenvalue weighted by Crippen LogP contribution is 2.38. The van der Waals surface area contributed by atoms with E-state index in [0.29, 0.717) is 40.5 Å². The van der Waals surface area contributed by atoms with Crippen LogP contribution in [0.25, 0.3) is 11.4 Å². The van der Waals surface area contributed by atoms with E-state index in [1.165, 1.54) is 11.3 Å². The van der Waals surface area contributed by atoms with Crippen LogP contribution >= 0.6 is 11.3 Å². The van der Waals surface area contributed by atoms with Crippen molar-refractivity contribution in [2.24, 2.45) is 0 Å². The van der Waals surface area contributed by atoms with E-state index in [2.05, 4.69) is 26.6 Å². The summed E-state index contributed by atoms with van der Waals surface area (Å²) in [5, 5.41) is 27.0. The highest BCUT2D eigenvalue weighted by atomic mass is 32.1. The molecule has 2 aromatic heterocycles. The van der Waals surface area contributed by atoms with Crippen molar-refractivity contribution in [1.82, 2.24) is 15.3 Å². The number of anilines is 2. The zero-order valence-corrected chi connectivity index (χ0v) is 22.6. The van der Waals surface area contributed by atoms with Crippen LogP contribution < -0.4 is 15.5 Å². The number of aromatic nitrogens is 2. The van der Waals surface area contributed by atoms with E-state index in [-0.39, 0.29) is 25.4 Å². The maximum absolute atomic E-state index is 12.7. The molecule has 1 saturated heterocycles. The van der Waals surface area contributed by atoms with Crippen molar-refractivity contribution >= 4 is 34.1 Å². The summed E-state index contributed by atoms with van der Waals surface area (Å²) in [7, 11) is 0. The number of benzene rings is 1. The van der Waals surface area contributed by atoms with E-state index >= 15 is 0 Å². The molecule has 10 nitrogen and oxygen atoms in total. The van der Waals surface area contributed by atoms with Gasteiger partial charge in [0.2, 0.25) is 5.91 Å². The Bertz CT molecular complexity index is 1430. The zero-order valence-electron chi connectivity index (χ0n) is 21.8. The molecule has 1 aliphatic heterocycles. The van der Waals surface area contributed by atoms with Crippen LogP contribution in [-0.4, -0.2) is 65.3 Å². The number of nitriles is 1. The molecule has 11 heteroatoms. The van der Waals surface area contributed by atoms with Crippen molar-refractivity contribution in [1.29, 1.82) is 5.26 Å². The molecule has 39 heavy (non-hydrogen) atoms. The van der Waals surface area contributed by atoms with Gasteiger partial charge in [-0.15, -0.1) is 11.3 Å². The van der Waals surface area contributed by atoms with Crippen LogP contribution in [0.1, 0.15) is 41.8 Å². The third-order valence-corrected chi connectivity index (χ3v) is 7.85. The lowest BCUT2D eigenvalue weighted by atomic mass is 9.84. The van der Waals surface area contributed by atoms with E-state index in [1.807, 2.05) is 37.4 Å². The first-order valence-electron chi connectivity index (χ1n) is 12.9. The molecular weight excluding hydrogens is 516 g/mol. The molecule has 0 saturated carbocycles. The number of aliphatic hydroxyl groups excluding tert-OH is 1. The number of aryl methyl sites for hydroxylation is 1. The fraction of sp³-hybridized carbons (Fsp3) is 0.393. The van der Waals surface area contributed by atoms with Crippen LogP contribution in [0.15, 0.2) is 41.8 Å². The van der Waals surface area contributed by atoms with Gasteiger partial charge in [0.25, 0.3) is 5.91 Å². The zero-order chi connectivity index (χ0) is 27.6. The normalized spacial score (nSPS) is 22.2. The van der Waals surface area contributed by atoms with Crippen molar-refractivity contribution < 1.29 is 19.4 Å². The SMILES string of the molecule is C[C@@H]1CN(c2cccc(-c3csc(NC(=O)CNC(=O)c4ccc5c(c4)[C@](C#N)(CO)CC5)n3)n2)C[C@H](C)O1. The minimum atomic E-state index is -0.987. The molecule has 202 valence electrons. The smallest absolute Gasteiger partial charge is 0.251 e. The molecule has 1 aromatic carbocycles. The minimum Gasteiger partial charge on any atom is -0.394 e. The Morgan fingerprint density at radius 3 is 2.74 bits per heavy atom. The Balaban J connectivity index is 1.19. The van der Waals surface area contributed by atoms with Gasteiger partial charge in [-0.2, -0.15) is 5.26 Å². The summed E-state index contributed by atoms with van der Waals surface area (Å²) in [6, 6.07) is 13.1. The number of nitrogens with one attached hydrogen (secondary N) is 2. The predicted octanol–water partition coefficient (Wildman–Crippen LogP) is 2.89. The van der Waals surface area contributed by atoms with Crippen LogP contribution in [-0.2, 0) is 21.4 Å². The monoisotopic (exact) mass is 546 g/mol. The number of aliphatic hydroxyl groups is 1. The average molecular weight is 547 g/mol. The molecule has 2 amide bonds. The number of morpholine rings is 1. The number of hydrogen-bond acceptors (Lipinski definition) is 9. The Hall–Kier alpha value is -3.85. The number of nitrogens with zero attached hydrogens (tertiary/aromatic N) is 4. The highest BCUT2D eigenvalue weighted by Gasteiger charge is 2.39. The van der Waals surface area contributed by atoms with Gasteiger partial charge in [0, 0.05) is 24.0 Å². The highest BCUT2D eigenvalue weighted by molar-refractivity contribution is 7.14. The average Bonchev–Trinajstić information content (AvgIpc) is 3.56. The standard InChI is InChI=1S/C28H30N6O4S/c1-17-12-34(13-18(2)38-17)24-5-3-4-22(31-24)23-14-39-27(32-23)33-25(36)11-30-26(37)20-7-6-19-8-9-28(15-29,16-35)21(19)10-20/h3-7,10,14,17-18,35H,8-9,11-13,16H2,1-2H3,(H,30,37)(H,32,33,36)/t17-,18+,28-/m1/s1. The summed E-state index contributed by atoms with van der Waals surface area (Å²) in [6.07, 6.45) is 1.43. The molecule has 5 rings (SSSR count). The third-order valence-electron chi connectivity index (χ3n) is 7.09.